The van der Waals surface area contributed by atoms with Crippen molar-refractivity contribution in [1.82, 2.24) is 0 Å². The van der Waals surface area contributed by atoms with Crippen LogP contribution in [0.5, 0.6) is 0 Å². The van der Waals surface area contributed by atoms with Gasteiger partial charge in [0, 0.05) is 20.3 Å². The van der Waals surface area contributed by atoms with Crippen LogP contribution < -0.4 is 0 Å². The molecule has 1 aromatic carbocycles. The fraction of sp³-hybridized carbons (Fsp3) is 0.273. The van der Waals surface area contributed by atoms with E-state index in [0.29, 0.717) is 0 Å². The number of rotatable bonds is 2. The molecule has 1 heterocycles. The number of halogens is 1. The van der Waals surface area contributed by atoms with Crippen molar-refractivity contribution >= 4 is 50.0 Å². The van der Waals surface area contributed by atoms with Gasteiger partial charge in [0.05, 0.1) is 0 Å². The lowest BCUT2D eigenvalue weighted by Crippen LogP contribution is -1.83. The van der Waals surface area contributed by atoms with Gasteiger partial charge in [-0.3, -0.25) is 0 Å². The molecule has 0 amide bonds. The van der Waals surface area contributed by atoms with Gasteiger partial charge in [0.15, 0.2) is 0 Å². The number of alkyl halides is 1. The topological polar surface area (TPSA) is 0 Å². The lowest BCUT2D eigenvalue weighted by atomic mass is 10.1. The van der Waals surface area contributed by atoms with Crippen LogP contribution in [0.15, 0.2) is 22.4 Å². The first-order valence-corrected chi connectivity index (χ1v) is 6.99. The Morgan fingerprint density at radius 3 is 2.79 bits per heavy atom. The van der Waals surface area contributed by atoms with Gasteiger partial charge in [-0.2, -0.15) is 0 Å². The Bertz CT molecular complexity index is 460. The van der Waals surface area contributed by atoms with Crippen LogP contribution in [0.25, 0.3) is 10.1 Å². The summed E-state index contributed by atoms with van der Waals surface area (Å²) in [7, 11) is 0. The first kappa shape index (κ1) is 10.5. The molecule has 0 radical (unpaired) electrons. The molecule has 2 aromatic rings. The number of thiol groups is 1. The molecule has 14 heavy (non-hydrogen) atoms. The minimum absolute atomic E-state index is 0.918. The van der Waals surface area contributed by atoms with Gasteiger partial charge in [0.25, 0.3) is 0 Å². The largest absolute Gasteiger partial charge is 0.142 e. The van der Waals surface area contributed by atoms with E-state index in [1.165, 1.54) is 21.2 Å². The fourth-order valence-electron chi connectivity index (χ4n) is 1.64. The number of fused-ring (bicyclic) bond motifs is 1. The van der Waals surface area contributed by atoms with Crippen LogP contribution in [-0.2, 0) is 11.8 Å². The highest BCUT2D eigenvalue weighted by Crippen LogP contribution is 2.34. The number of hydrogen-bond acceptors (Lipinski definition) is 2. The van der Waals surface area contributed by atoms with Crippen LogP contribution in [0.2, 0.25) is 0 Å². The first-order chi connectivity index (χ1) is 6.77. The molecule has 3 heteroatoms. The Morgan fingerprint density at radius 1 is 1.36 bits per heavy atom. The average molecular weight is 287 g/mol. The van der Waals surface area contributed by atoms with E-state index in [0.717, 1.165) is 16.6 Å². The minimum atomic E-state index is 0.918. The Morgan fingerprint density at radius 2 is 2.14 bits per heavy atom. The lowest BCUT2D eigenvalue weighted by molar-refractivity contribution is 1.17. The van der Waals surface area contributed by atoms with Gasteiger partial charge in [0.1, 0.15) is 0 Å². The molecule has 0 aliphatic heterocycles. The number of aryl methyl sites for hydroxylation is 1. The quantitative estimate of drug-likeness (QED) is 0.603. The Kier molecular flexibility index (Phi) is 3.20. The molecule has 0 aliphatic carbocycles. The second-order valence-electron chi connectivity index (χ2n) is 3.20. The van der Waals surface area contributed by atoms with E-state index in [4.69, 9.17) is 0 Å². The summed E-state index contributed by atoms with van der Waals surface area (Å²) in [5, 5.41) is 4.57. The average Bonchev–Trinajstić information content (AvgIpc) is 2.63. The standard InChI is InChI=1S/C11H11BrS2/c1-2-7-6-14-11-9(13)4-3-8(5-12)10(7)11/h3-4,6,13H,2,5H2,1H3. The summed E-state index contributed by atoms with van der Waals surface area (Å²) in [6.07, 6.45) is 1.09. The summed E-state index contributed by atoms with van der Waals surface area (Å²) in [5.74, 6) is 0. The Hall–Kier alpha value is 0.01000. The van der Waals surface area contributed by atoms with Crippen LogP contribution in [0, 0.1) is 0 Å². The second kappa shape index (κ2) is 4.25. The fourth-order valence-corrected chi connectivity index (χ4v) is 3.57. The summed E-state index contributed by atoms with van der Waals surface area (Å²) >= 11 is 9.81. The van der Waals surface area contributed by atoms with Gasteiger partial charge in [-0.05, 0) is 29.0 Å². The zero-order chi connectivity index (χ0) is 10.1. The summed E-state index contributed by atoms with van der Waals surface area (Å²) in [5.41, 5.74) is 2.81. The molecule has 2 rings (SSSR count). The van der Waals surface area contributed by atoms with E-state index >= 15 is 0 Å². The van der Waals surface area contributed by atoms with Crippen LogP contribution in [0.4, 0.5) is 0 Å². The highest BCUT2D eigenvalue weighted by atomic mass is 79.9. The molecular formula is C11H11BrS2. The van der Waals surface area contributed by atoms with Gasteiger partial charge in [-0.15, -0.1) is 24.0 Å². The van der Waals surface area contributed by atoms with Crippen molar-refractivity contribution in [2.75, 3.05) is 0 Å². The molecule has 0 saturated heterocycles. The van der Waals surface area contributed by atoms with Crippen LogP contribution in [0.1, 0.15) is 18.1 Å². The van der Waals surface area contributed by atoms with E-state index in [2.05, 4.69) is 53.0 Å². The van der Waals surface area contributed by atoms with E-state index in [1.54, 1.807) is 11.3 Å². The molecular weight excluding hydrogens is 276 g/mol. The van der Waals surface area contributed by atoms with Crippen molar-refractivity contribution < 1.29 is 0 Å². The summed E-state index contributed by atoms with van der Waals surface area (Å²) in [6, 6.07) is 4.24. The van der Waals surface area contributed by atoms with Crippen LogP contribution >= 0.6 is 39.9 Å². The molecule has 0 bridgehead atoms. The zero-order valence-corrected chi connectivity index (χ0v) is 11.2. The maximum absolute atomic E-state index is 4.48. The third-order valence-electron chi connectivity index (χ3n) is 2.39. The number of thiophene rings is 1. The van der Waals surface area contributed by atoms with Gasteiger partial charge >= 0.3 is 0 Å². The molecule has 0 spiro atoms. The van der Waals surface area contributed by atoms with E-state index in [-0.39, 0.29) is 0 Å². The molecule has 0 fully saturated rings. The SMILES string of the molecule is CCc1csc2c(S)ccc(CBr)c12. The van der Waals surface area contributed by atoms with Crippen molar-refractivity contribution in [1.29, 1.82) is 0 Å². The number of benzene rings is 1. The highest BCUT2D eigenvalue weighted by Gasteiger charge is 2.09. The predicted octanol–water partition coefficient (Wildman–Crippen LogP) is 4.65. The third kappa shape index (κ3) is 1.62. The third-order valence-corrected chi connectivity index (χ3v) is 4.58. The number of hydrogen-bond donors (Lipinski definition) is 1. The molecule has 1 aromatic heterocycles. The van der Waals surface area contributed by atoms with Gasteiger partial charge in [0.2, 0.25) is 0 Å². The Labute approximate surface area is 102 Å². The van der Waals surface area contributed by atoms with Crippen LogP contribution in [0.3, 0.4) is 0 Å². The molecule has 0 aliphatic rings. The van der Waals surface area contributed by atoms with Gasteiger partial charge < -0.3 is 0 Å². The summed E-state index contributed by atoms with van der Waals surface area (Å²) < 4.78 is 1.32. The monoisotopic (exact) mass is 286 g/mol. The lowest BCUT2D eigenvalue weighted by Gasteiger charge is -2.03. The second-order valence-corrected chi connectivity index (χ2v) is 5.12. The normalized spacial score (nSPS) is 11.1. The smallest absolute Gasteiger partial charge is 0.0481 e. The summed E-state index contributed by atoms with van der Waals surface area (Å²) in [4.78, 5) is 1.09. The Balaban J connectivity index is 2.82. The van der Waals surface area contributed by atoms with E-state index < -0.39 is 0 Å². The van der Waals surface area contributed by atoms with Crippen molar-refractivity contribution in [2.24, 2.45) is 0 Å². The van der Waals surface area contributed by atoms with Crippen molar-refractivity contribution in [3.8, 4) is 0 Å². The molecule has 0 unspecified atom stereocenters. The maximum Gasteiger partial charge on any atom is 0.0481 e. The molecule has 0 atom stereocenters. The van der Waals surface area contributed by atoms with Crippen LogP contribution in [-0.4, -0.2) is 0 Å². The zero-order valence-electron chi connectivity index (χ0n) is 7.88. The highest BCUT2D eigenvalue weighted by molar-refractivity contribution is 9.08. The van der Waals surface area contributed by atoms with Crippen molar-refractivity contribution in [3.63, 3.8) is 0 Å². The molecule has 0 saturated carbocycles. The van der Waals surface area contributed by atoms with Crippen molar-refractivity contribution in [3.05, 3.63) is 28.6 Å². The first-order valence-electron chi connectivity index (χ1n) is 4.54. The maximum atomic E-state index is 4.48. The van der Waals surface area contributed by atoms with Gasteiger partial charge in [-0.1, -0.05) is 28.9 Å². The molecule has 0 N–H and O–H groups in total. The molecule has 0 nitrogen and oxygen atoms in total. The van der Waals surface area contributed by atoms with E-state index in [1.807, 2.05) is 0 Å². The van der Waals surface area contributed by atoms with Crippen molar-refractivity contribution in [2.45, 2.75) is 23.6 Å². The minimum Gasteiger partial charge on any atom is -0.142 e. The predicted molar refractivity (Wildman–Crippen MR) is 71.1 cm³/mol. The summed E-state index contributed by atoms with van der Waals surface area (Å²) in [6.45, 7) is 2.20. The van der Waals surface area contributed by atoms with Gasteiger partial charge in [-0.25, -0.2) is 0 Å². The molecule has 74 valence electrons. The van der Waals surface area contributed by atoms with E-state index in [9.17, 15) is 0 Å².